The third kappa shape index (κ3) is 6.67. The lowest BCUT2D eigenvalue weighted by molar-refractivity contribution is 0.0490. The molecule has 8 heteroatoms. The minimum atomic E-state index is -0.682. The van der Waals surface area contributed by atoms with Gasteiger partial charge in [0.15, 0.2) is 5.43 Å². The van der Waals surface area contributed by atoms with Crippen molar-refractivity contribution in [1.82, 2.24) is 0 Å². The Morgan fingerprint density at radius 3 is 2.17 bits per heavy atom. The molecule has 0 radical (unpaired) electrons. The van der Waals surface area contributed by atoms with Crippen molar-refractivity contribution < 1.29 is 27.8 Å². The molecule has 0 bridgehead atoms. The number of fused-ring (bicyclic) bond motifs is 2. The molecule has 0 saturated carbocycles. The molecule has 8 nitrogen and oxygen atoms in total. The second kappa shape index (κ2) is 14.2. The zero-order chi connectivity index (χ0) is 32.8. The predicted molar refractivity (Wildman–Crippen MR) is 181 cm³/mol. The minimum Gasteiger partial charge on any atom is -0.493 e. The number of carbonyl (C=O) groups is 1. The van der Waals surface area contributed by atoms with E-state index >= 15 is 0 Å². The van der Waals surface area contributed by atoms with Gasteiger partial charge in [-0.1, -0.05) is 74.0 Å². The van der Waals surface area contributed by atoms with Crippen LogP contribution in [0.25, 0.3) is 44.4 Å². The number of esters is 1. The molecule has 0 saturated heterocycles. The quantitative estimate of drug-likeness (QED) is 0.0984. The summed E-state index contributed by atoms with van der Waals surface area (Å²) in [5.74, 6) is 0.837. The molecule has 0 atom stereocenters. The molecule has 0 aliphatic heterocycles. The molecule has 0 fully saturated rings. The fourth-order valence-corrected chi connectivity index (χ4v) is 5.54. The van der Waals surface area contributed by atoms with E-state index < -0.39 is 5.97 Å². The summed E-state index contributed by atoms with van der Waals surface area (Å²) in [6.07, 6.45) is 1.93. The Labute approximate surface area is 271 Å². The molecule has 2 aromatic heterocycles. The minimum absolute atomic E-state index is 0.111. The molecule has 0 aliphatic carbocycles. The molecule has 0 spiro atoms. The van der Waals surface area contributed by atoms with Crippen LogP contribution < -0.4 is 20.3 Å². The highest BCUT2D eigenvalue weighted by Crippen LogP contribution is 2.34. The van der Waals surface area contributed by atoms with Crippen LogP contribution in [0.15, 0.2) is 115 Å². The maximum atomic E-state index is 13.8. The summed E-state index contributed by atoms with van der Waals surface area (Å²) in [4.78, 5) is 38.8. The van der Waals surface area contributed by atoms with E-state index in [0.717, 1.165) is 29.2 Å². The van der Waals surface area contributed by atoms with Crippen LogP contribution in [-0.2, 0) is 11.2 Å². The van der Waals surface area contributed by atoms with E-state index in [9.17, 15) is 14.4 Å². The van der Waals surface area contributed by atoms with Crippen molar-refractivity contribution in [2.24, 2.45) is 0 Å². The topological polar surface area (TPSA) is 105 Å². The smallest absolute Gasteiger partial charge is 0.374 e. The van der Waals surface area contributed by atoms with Crippen molar-refractivity contribution in [3.05, 3.63) is 129 Å². The number of hydrogen-bond donors (Lipinski definition) is 0. The SMILES string of the molecule is CCCc1c(OCCCOc2ccc3c(=O)c(-c4ccccc4)c(-c4ccccc4)oc3c2)ccc2c(=O)cc(C(=O)OCC)oc12. The summed E-state index contributed by atoms with van der Waals surface area (Å²) < 4.78 is 29.4. The average molecular weight is 631 g/mol. The van der Waals surface area contributed by atoms with Crippen molar-refractivity contribution in [1.29, 1.82) is 0 Å². The number of benzene rings is 4. The van der Waals surface area contributed by atoms with Crippen LogP contribution in [0.5, 0.6) is 11.5 Å². The van der Waals surface area contributed by atoms with Gasteiger partial charge in [-0.25, -0.2) is 4.79 Å². The van der Waals surface area contributed by atoms with Crippen LogP contribution in [-0.4, -0.2) is 25.8 Å². The third-order valence-corrected chi connectivity index (χ3v) is 7.71. The van der Waals surface area contributed by atoms with E-state index in [-0.39, 0.29) is 23.2 Å². The number of rotatable bonds is 12. The maximum absolute atomic E-state index is 13.8. The number of hydrogen-bond acceptors (Lipinski definition) is 8. The molecule has 0 N–H and O–H groups in total. The van der Waals surface area contributed by atoms with Gasteiger partial charge in [0.2, 0.25) is 11.2 Å². The largest absolute Gasteiger partial charge is 0.493 e. The van der Waals surface area contributed by atoms with E-state index in [1.807, 2.05) is 67.6 Å². The standard InChI is InChI=1S/C39H34O8/c1-3-12-30-32(20-19-28-31(40)24-34(47-38(28)30)39(42)43-4-2)45-22-11-21-44-27-17-18-29-33(23-27)46-37(26-15-9-6-10-16-26)35(36(29)41)25-13-7-5-8-14-25/h5-10,13-20,23-24H,3-4,11-12,21-22H2,1-2H3. The number of ether oxygens (including phenoxy) is 3. The Bertz CT molecular complexity index is 2150. The molecular formula is C39H34O8. The van der Waals surface area contributed by atoms with Crippen LogP contribution in [0.3, 0.4) is 0 Å². The fourth-order valence-electron chi connectivity index (χ4n) is 5.54. The third-order valence-electron chi connectivity index (χ3n) is 7.71. The molecule has 238 valence electrons. The highest BCUT2D eigenvalue weighted by molar-refractivity contribution is 5.91. The van der Waals surface area contributed by atoms with Gasteiger partial charge in [-0.05, 0) is 43.2 Å². The first-order valence-electron chi connectivity index (χ1n) is 15.7. The zero-order valence-electron chi connectivity index (χ0n) is 26.2. The Hall–Kier alpha value is -5.63. The van der Waals surface area contributed by atoms with E-state index in [1.165, 1.54) is 0 Å². The highest BCUT2D eigenvalue weighted by atomic mass is 16.5. The van der Waals surface area contributed by atoms with Crippen LogP contribution in [0.4, 0.5) is 0 Å². The van der Waals surface area contributed by atoms with Crippen molar-refractivity contribution in [3.63, 3.8) is 0 Å². The first kappa shape index (κ1) is 31.4. The maximum Gasteiger partial charge on any atom is 0.374 e. The van der Waals surface area contributed by atoms with Gasteiger partial charge in [-0.15, -0.1) is 0 Å². The van der Waals surface area contributed by atoms with Crippen molar-refractivity contribution in [3.8, 4) is 33.9 Å². The summed E-state index contributed by atoms with van der Waals surface area (Å²) in [6.45, 7) is 4.57. The Morgan fingerprint density at radius 2 is 1.45 bits per heavy atom. The molecule has 6 rings (SSSR count). The lowest BCUT2D eigenvalue weighted by Gasteiger charge is -2.14. The van der Waals surface area contributed by atoms with Gasteiger partial charge in [-0.3, -0.25) is 9.59 Å². The van der Waals surface area contributed by atoms with Gasteiger partial charge in [0, 0.05) is 29.7 Å². The van der Waals surface area contributed by atoms with Gasteiger partial charge in [0.25, 0.3) is 0 Å². The van der Waals surface area contributed by atoms with Crippen LogP contribution in [0.2, 0.25) is 0 Å². The first-order valence-corrected chi connectivity index (χ1v) is 15.7. The van der Waals surface area contributed by atoms with Crippen molar-refractivity contribution >= 4 is 27.9 Å². The molecule has 0 aliphatic rings. The lowest BCUT2D eigenvalue weighted by Crippen LogP contribution is -2.11. The summed E-state index contributed by atoms with van der Waals surface area (Å²) in [5.41, 5.74) is 3.18. The van der Waals surface area contributed by atoms with Gasteiger partial charge in [0.1, 0.15) is 28.4 Å². The average Bonchev–Trinajstić information content (AvgIpc) is 3.09. The van der Waals surface area contributed by atoms with Gasteiger partial charge in [-0.2, -0.15) is 0 Å². The van der Waals surface area contributed by atoms with E-state index in [0.29, 0.717) is 70.8 Å². The van der Waals surface area contributed by atoms with Crippen molar-refractivity contribution in [2.75, 3.05) is 19.8 Å². The fraction of sp³-hybridized carbons (Fsp3) is 0.205. The van der Waals surface area contributed by atoms with E-state index in [4.69, 9.17) is 23.0 Å². The monoisotopic (exact) mass is 630 g/mol. The summed E-state index contributed by atoms with van der Waals surface area (Å²) in [6, 6.07) is 28.9. The van der Waals surface area contributed by atoms with Gasteiger partial charge < -0.3 is 23.0 Å². The van der Waals surface area contributed by atoms with E-state index in [2.05, 4.69) is 0 Å². The first-order chi connectivity index (χ1) is 23.0. The summed E-state index contributed by atoms with van der Waals surface area (Å²) in [7, 11) is 0. The van der Waals surface area contributed by atoms with Gasteiger partial charge >= 0.3 is 5.97 Å². The van der Waals surface area contributed by atoms with Crippen LogP contribution in [0.1, 0.15) is 42.8 Å². The van der Waals surface area contributed by atoms with Crippen LogP contribution >= 0.6 is 0 Å². The normalized spacial score (nSPS) is 11.1. The molecule has 47 heavy (non-hydrogen) atoms. The second-order valence-corrected chi connectivity index (χ2v) is 10.9. The number of carbonyl (C=O) groups excluding carboxylic acids is 1. The zero-order valence-corrected chi connectivity index (χ0v) is 26.2. The van der Waals surface area contributed by atoms with Gasteiger partial charge in [0.05, 0.1) is 36.2 Å². The van der Waals surface area contributed by atoms with Crippen molar-refractivity contribution in [2.45, 2.75) is 33.1 Å². The lowest BCUT2D eigenvalue weighted by atomic mass is 9.98. The molecule has 6 aromatic rings. The van der Waals surface area contributed by atoms with Crippen LogP contribution in [0, 0.1) is 0 Å². The molecular weight excluding hydrogens is 596 g/mol. The molecule has 0 amide bonds. The molecule has 2 heterocycles. The summed E-state index contributed by atoms with van der Waals surface area (Å²) in [5, 5.41) is 0.850. The Balaban J connectivity index is 1.19. The Kier molecular flexibility index (Phi) is 9.48. The highest BCUT2D eigenvalue weighted by Gasteiger charge is 2.20. The predicted octanol–water partition coefficient (Wildman–Crippen LogP) is 8.21. The second-order valence-electron chi connectivity index (χ2n) is 10.9. The Morgan fingerprint density at radius 1 is 0.745 bits per heavy atom. The summed E-state index contributed by atoms with van der Waals surface area (Å²) >= 11 is 0. The molecule has 0 unspecified atom stereocenters. The number of aryl methyl sites for hydroxylation is 1. The van der Waals surface area contributed by atoms with E-state index in [1.54, 1.807) is 37.3 Å². The molecule has 4 aromatic carbocycles.